The number of carbonyl (C=O) groups excluding carboxylic acids is 1. The minimum atomic E-state index is -3.82. The Balaban J connectivity index is 1.90. The van der Waals surface area contributed by atoms with Crippen LogP contribution in [0.1, 0.15) is 12.8 Å². The maximum atomic E-state index is 12.9. The molecule has 138 valence electrons. The second-order valence-electron chi connectivity index (χ2n) is 5.52. The van der Waals surface area contributed by atoms with Gasteiger partial charge in [0.25, 0.3) is 0 Å². The molecular formula is C15H19FN2O5S2. The molecule has 1 heterocycles. The maximum absolute atomic E-state index is 12.9. The third kappa shape index (κ3) is 5.68. The molecule has 7 nitrogen and oxygen atoms in total. The third-order valence-corrected chi connectivity index (χ3v) is 6.28. The minimum Gasteiger partial charge on any atom is -0.481 e. The van der Waals surface area contributed by atoms with Crippen LogP contribution >= 0.6 is 11.8 Å². The molecule has 1 aromatic carbocycles. The van der Waals surface area contributed by atoms with E-state index < -0.39 is 21.8 Å². The van der Waals surface area contributed by atoms with E-state index in [-0.39, 0.29) is 36.2 Å². The summed E-state index contributed by atoms with van der Waals surface area (Å²) in [5, 5.41) is 8.93. The van der Waals surface area contributed by atoms with E-state index in [2.05, 4.69) is 4.72 Å². The summed E-state index contributed by atoms with van der Waals surface area (Å²) in [7, 11) is -3.82. The van der Waals surface area contributed by atoms with Crippen molar-refractivity contribution in [3.05, 3.63) is 30.1 Å². The summed E-state index contributed by atoms with van der Waals surface area (Å²) in [5.41, 5.74) is 0. The molecule has 1 aliphatic heterocycles. The van der Waals surface area contributed by atoms with Crippen LogP contribution in [0.5, 0.6) is 0 Å². The summed E-state index contributed by atoms with van der Waals surface area (Å²) < 4.78 is 39.3. The van der Waals surface area contributed by atoms with Crippen LogP contribution in [0, 0.1) is 5.82 Å². The predicted molar refractivity (Wildman–Crippen MR) is 91.3 cm³/mol. The quantitative estimate of drug-likeness (QED) is 0.717. The highest BCUT2D eigenvalue weighted by molar-refractivity contribution is 7.99. The first-order valence-electron chi connectivity index (χ1n) is 7.64. The fourth-order valence-electron chi connectivity index (χ4n) is 2.49. The van der Waals surface area contributed by atoms with Crippen LogP contribution in [0.25, 0.3) is 0 Å². The van der Waals surface area contributed by atoms with Crippen LogP contribution in [0.2, 0.25) is 0 Å². The molecule has 25 heavy (non-hydrogen) atoms. The van der Waals surface area contributed by atoms with E-state index in [1.54, 1.807) is 11.8 Å². The van der Waals surface area contributed by atoms with Gasteiger partial charge in [-0.25, -0.2) is 17.5 Å². The topological polar surface area (TPSA) is 104 Å². The zero-order valence-corrected chi connectivity index (χ0v) is 15.0. The van der Waals surface area contributed by atoms with Crippen molar-refractivity contribution in [3.8, 4) is 0 Å². The normalized spacial score (nSPS) is 18.1. The molecule has 0 aromatic heterocycles. The number of carboxylic acids is 1. The van der Waals surface area contributed by atoms with Gasteiger partial charge in [0.05, 0.1) is 17.4 Å². The van der Waals surface area contributed by atoms with Crippen LogP contribution < -0.4 is 4.72 Å². The second-order valence-corrected chi connectivity index (χ2v) is 8.43. The minimum absolute atomic E-state index is 0.0682. The van der Waals surface area contributed by atoms with Crippen molar-refractivity contribution in [2.45, 2.75) is 23.8 Å². The van der Waals surface area contributed by atoms with Gasteiger partial charge < -0.3 is 10.0 Å². The van der Waals surface area contributed by atoms with Crippen molar-refractivity contribution in [2.75, 3.05) is 24.6 Å². The molecule has 1 atom stereocenters. The van der Waals surface area contributed by atoms with Gasteiger partial charge in [0.1, 0.15) is 5.82 Å². The lowest BCUT2D eigenvalue weighted by Crippen LogP contribution is -2.47. The molecule has 2 N–H and O–H groups in total. The predicted octanol–water partition coefficient (Wildman–Crippen LogP) is 0.913. The van der Waals surface area contributed by atoms with Crippen molar-refractivity contribution in [3.63, 3.8) is 0 Å². The smallest absolute Gasteiger partial charge is 0.305 e. The highest BCUT2D eigenvalue weighted by Gasteiger charge is 2.28. The van der Waals surface area contributed by atoms with Crippen LogP contribution in [0.3, 0.4) is 0 Å². The molecule has 1 saturated heterocycles. The number of benzene rings is 1. The third-order valence-electron chi connectivity index (χ3n) is 3.71. The lowest BCUT2D eigenvalue weighted by atomic mass is 10.2. The molecule has 1 aromatic rings. The highest BCUT2D eigenvalue weighted by atomic mass is 32.2. The van der Waals surface area contributed by atoms with Crippen molar-refractivity contribution in [1.29, 1.82) is 0 Å². The van der Waals surface area contributed by atoms with Crippen molar-refractivity contribution in [1.82, 2.24) is 9.62 Å². The summed E-state index contributed by atoms with van der Waals surface area (Å²) >= 11 is 1.59. The SMILES string of the molecule is O=C(O)CC1CSCCN1C(=O)CCNS(=O)(=O)c1ccc(F)cc1. The second kappa shape index (κ2) is 8.63. The summed E-state index contributed by atoms with van der Waals surface area (Å²) in [6.45, 7) is 0.341. The molecule has 0 radical (unpaired) electrons. The van der Waals surface area contributed by atoms with E-state index in [0.717, 1.165) is 30.0 Å². The summed E-state index contributed by atoms with van der Waals surface area (Å²) in [5.74, 6) is -0.514. The van der Waals surface area contributed by atoms with Gasteiger partial charge in [0.2, 0.25) is 15.9 Å². The van der Waals surface area contributed by atoms with Gasteiger partial charge in [-0.3, -0.25) is 9.59 Å². The van der Waals surface area contributed by atoms with Gasteiger partial charge in [0, 0.05) is 31.0 Å². The van der Waals surface area contributed by atoms with E-state index in [0.29, 0.717) is 12.3 Å². The Hall–Kier alpha value is -1.65. The number of rotatable bonds is 7. The lowest BCUT2D eigenvalue weighted by Gasteiger charge is -2.34. The van der Waals surface area contributed by atoms with Crippen LogP contribution in [-0.2, 0) is 19.6 Å². The molecule has 10 heteroatoms. The molecule has 0 aliphatic carbocycles. The standard InChI is InChI=1S/C15H19FN2O5S2/c16-11-1-3-13(4-2-11)25(22,23)17-6-5-14(19)18-7-8-24-10-12(18)9-15(20)21/h1-4,12,17H,5-10H2,(H,20,21). The Kier molecular flexibility index (Phi) is 6.79. The number of nitrogens with zero attached hydrogens (tertiary/aromatic N) is 1. The number of amides is 1. The number of hydrogen-bond donors (Lipinski definition) is 2. The van der Waals surface area contributed by atoms with E-state index >= 15 is 0 Å². The zero-order chi connectivity index (χ0) is 18.4. The number of hydrogen-bond acceptors (Lipinski definition) is 5. The zero-order valence-electron chi connectivity index (χ0n) is 13.4. The Labute approximate surface area is 149 Å². The van der Waals surface area contributed by atoms with Crippen LogP contribution in [0.4, 0.5) is 4.39 Å². The fraction of sp³-hybridized carbons (Fsp3) is 0.467. The number of nitrogens with one attached hydrogen (secondary N) is 1. The molecule has 2 rings (SSSR count). The van der Waals surface area contributed by atoms with Gasteiger partial charge in [0.15, 0.2) is 0 Å². The first kappa shape index (κ1) is 19.7. The Morgan fingerprint density at radius 3 is 2.64 bits per heavy atom. The van der Waals surface area contributed by atoms with E-state index in [4.69, 9.17) is 5.11 Å². The van der Waals surface area contributed by atoms with Gasteiger partial charge in [-0.05, 0) is 24.3 Å². The molecule has 1 unspecified atom stereocenters. The van der Waals surface area contributed by atoms with E-state index in [1.165, 1.54) is 4.90 Å². The summed E-state index contributed by atoms with van der Waals surface area (Å²) in [6.07, 6.45) is -0.193. The Bertz CT molecular complexity index is 724. The van der Waals surface area contributed by atoms with Crippen molar-refractivity contribution in [2.24, 2.45) is 0 Å². The molecule has 1 aliphatic rings. The van der Waals surface area contributed by atoms with Crippen molar-refractivity contribution >= 4 is 33.7 Å². The van der Waals surface area contributed by atoms with Gasteiger partial charge >= 0.3 is 5.97 Å². The number of carboxylic acid groups (broad SMARTS) is 1. The number of thioether (sulfide) groups is 1. The first-order chi connectivity index (χ1) is 11.8. The lowest BCUT2D eigenvalue weighted by molar-refractivity contribution is -0.140. The van der Waals surface area contributed by atoms with Gasteiger partial charge in [-0.2, -0.15) is 11.8 Å². The Morgan fingerprint density at radius 2 is 2.00 bits per heavy atom. The largest absolute Gasteiger partial charge is 0.481 e. The van der Waals surface area contributed by atoms with E-state index in [9.17, 15) is 22.4 Å². The molecule has 0 bridgehead atoms. The average Bonchev–Trinajstić information content (AvgIpc) is 2.55. The summed E-state index contributed by atoms with van der Waals surface area (Å²) in [4.78, 5) is 24.6. The molecule has 1 fully saturated rings. The molecule has 0 saturated carbocycles. The highest BCUT2D eigenvalue weighted by Crippen LogP contribution is 2.20. The van der Waals surface area contributed by atoms with Crippen LogP contribution in [0.15, 0.2) is 29.2 Å². The summed E-state index contributed by atoms with van der Waals surface area (Å²) in [6, 6.07) is 4.00. The average molecular weight is 390 g/mol. The van der Waals surface area contributed by atoms with Crippen LogP contribution in [-0.4, -0.2) is 60.9 Å². The number of aliphatic carboxylic acids is 1. The number of sulfonamides is 1. The monoisotopic (exact) mass is 390 g/mol. The number of carbonyl (C=O) groups is 2. The molecule has 1 amide bonds. The maximum Gasteiger partial charge on any atom is 0.305 e. The van der Waals surface area contributed by atoms with Crippen molar-refractivity contribution < 1.29 is 27.5 Å². The number of halogens is 1. The fourth-order valence-corrected chi connectivity index (χ4v) is 4.58. The molecule has 0 spiro atoms. The Morgan fingerprint density at radius 1 is 1.32 bits per heavy atom. The first-order valence-corrected chi connectivity index (χ1v) is 10.3. The van der Waals surface area contributed by atoms with Gasteiger partial charge in [-0.1, -0.05) is 0 Å². The molecular weight excluding hydrogens is 371 g/mol. The van der Waals surface area contributed by atoms with E-state index in [1.807, 2.05) is 0 Å². The van der Waals surface area contributed by atoms with Gasteiger partial charge in [-0.15, -0.1) is 0 Å².